The van der Waals surface area contributed by atoms with E-state index in [0.29, 0.717) is 30.4 Å². The Morgan fingerprint density at radius 3 is 2.29 bits per heavy atom. The Morgan fingerprint density at radius 1 is 1.06 bits per heavy atom. The van der Waals surface area contributed by atoms with E-state index in [1.165, 1.54) is 24.8 Å². The minimum atomic E-state index is -0.494. The number of hydrogen-bond acceptors (Lipinski definition) is 5. The van der Waals surface area contributed by atoms with Gasteiger partial charge in [-0.1, -0.05) is 50.2 Å². The van der Waals surface area contributed by atoms with Crippen molar-refractivity contribution >= 4 is 24.0 Å². The van der Waals surface area contributed by atoms with E-state index in [0.717, 1.165) is 5.56 Å². The molecule has 0 spiro atoms. The van der Waals surface area contributed by atoms with Crippen molar-refractivity contribution in [1.29, 1.82) is 5.26 Å². The number of esters is 1. The maximum Gasteiger partial charge on any atom is 0.336 e. The lowest BCUT2D eigenvalue weighted by Crippen LogP contribution is -2.27. The van der Waals surface area contributed by atoms with Gasteiger partial charge in [-0.2, -0.15) is 5.26 Å². The number of amides is 1. The smallest absolute Gasteiger partial charge is 0.336 e. The van der Waals surface area contributed by atoms with E-state index < -0.39 is 11.9 Å². The summed E-state index contributed by atoms with van der Waals surface area (Å²) in [7, 11) is 1.53. The molecule has 0 saturated carbocycles. The van der Waals surface area contributed by atoms with Gasteiger partial charge < -0.3 is 14.8 Å². The Bertz CT molecular complexity index is 982. The Hall–Kier alpha value is -3.69. The normalized spacial score (nSPS) is 11.4. The van der Waals surface area contributed by atoms with Crippen LogP contribution in [0.1, 0.15) is 36.5 Å². The quantitative estimate of drug-likeness (QED) is 0.218. The van der Waals surface area contributed by atoms with Crippen LogP contribution in [0.3, 0.4) is 0 Å². The molecule has 0 aromatic heterocycles. The fourth-order valence-electron chi connectivity index (χ4n) is 2.62. The van der Waals surface area contributed by atoms with Gasteiger partial charge in [0.15, 0.2) is 0 Å². The highest BCUT2D eigenvalue weighted by molar-refractivity contribution is 6.01. The Balaban J connectivity index is 1.95. The molecule has 0 unspecified atom stereocenters. The van der Waals surface area contributed by atoms with Gasteiger partial charge in [0.25, 0.3) is 5.91 Å². The first kappa shape index (κ1) is 23.6. The summed E-state index contributed by atoms with van der Waals surface area (Å²) in [6, 6.07) is 16.4. The Labute approximate surface area is 182 Å². The van der Waals surface area contributed by atoms with Gasteiger partial charge in [0.05, 0.1) is 6.61 Å². The topological polar surface area (TPSA) is 88.4 Å². The lowest BCUT2D eigenvalue weighted by molar-refractivity contribution is -0.128. The third kappa shape index (κ3) is 7.92. The molecule has 31 heavy (non-hydrogen) atoms. The van der Waals surface area contributed by atoms with E-state index in [1.807, 2.05) is 30.3 Å². The zero-order valence-corrected chi connectivity index (χ0v) is 17.9. The summed E-state index contributed by atoms with van der Waals surface area (Å²) >= 11 is 0. The molecule has 1 amide bonds. The van der Waals surface area contributed by atoms with E-state index >= 15 is 0 Å². The molecular weight excluding hydrogens is 392 g/mol. The average molecular weight is 418 g/mol. The molecule has 0 saturated heterocycles. The van der Waals surface area contributed by atoms with Gasteiger partial charge in [-0.25, -0.2) is 4.79 Å². The van der Waals surface area contributed by atoms with Gasteiger partial charge in [0, 0.05) is 19.7 Å². The monoisotopic (exact) mass is 418 g/mol. The molecule has 6 heteroatoms. The molecule has 0 atom stereocenters. The Morgan fingerprint density at radius 2 is 1.71 bits per heavy atom. The van der Waals surface area contributed by atoms with Crippen molar-refractivity contribution in [3.8, 4) is 11.8 Å². The van der Waals surface area contributed by atoms with E-state index in [9.17, 15) is 14.9 Å². The Kier molecular flexibility index (Phi) is 9.21. The molecule has 0 fully saturated rings. The molecular formula is C25H26N2O4. The van der Waals surface area contributed by atoms with E-state index in [2.05, 4.69) is 19.2 Å². The number of hydrogen-bond donors (Lipinski definition) is 1. The highest BCUT2D eigenvalue weighted by Gasteiger charge is 2.08. The lowest BCUT2D eigenvalue weighted by Gasteiger charge is -2.05. The summed E-state index contributed by atoms with van der Waals surface area (Å²) in [6.07, 6.45) is 4.54. The summed E-state index contributed by atoms with van der Waals surface area (Å²) in [4.78, 5) is 24.0. The van der Waals surface area contributed by atoms with E-state index in [-0.39, 0.29) is 5.57 Å². The number of nitriles is 1. The van der Waals surface area contributed by atoms with Gasteiger partial charge in [-0.15, -0.1) is 0 Å². The van der Waals surface area contributed by atoms with Gasteiger partial charge >= 0.3 is 5.97 Å². The molecule has 1 N–H and O–H groups in total. The third-order valence-electron chi connectivity index (χ3n) is 4.38. The van der Waals surface area contributed by atoms with Gasteiger partial charge in [0.2, 0.25) is 0 Å². The van der Waals surface area contributed by atoms with E-state index in [4.69, 9.17) is 9.47 Å². The predicted octanol–water partition coefficient (Wildman–Crippen LogP) is 4.10. The number of rotatable bonds is 9. The molecule has 2 aromatic carbocycles. The molecule has 2 aromatic rings. The van der Waals surface area contributed by atoms with Gasteiger partial charge in [-0.05, 0) is 46.9 Å². The van der Waals surface area contributed by atoms with Crippen LogP contribution >= 0.6 is 0 Å². The molecule has 0 bridgehead atoms. The van der Waals surface area contributed by atoms with Crippen LogP contribution in [0.5, 0.6) is 5.75 Å². The first-order valence-corrected chi connectivity index (χ1v) is 9.91. The van der Waals surface area contributed by atoms with Crippen molar-refractivity contribution in [3.05, 3.63) is 76.9 Å². The minimum Gasteiger partial charge on any atom is -0.423 e. The molecule has 160 valence electrons. The number of benzene rings is 2. The van der Waals surface area contributed by atoms with Crippen LogP contribution in [0, 0.1) is 11.3 Å². The van der Waals surface area contributed by atoms with Crippen molar-refractivity contribution in [3.63, 3.8) is 0 Å². The molecule has 0 radical (unpaired) electrons. The van der Waals surface area contributed by atoms with Crippen LogP contribution < -0.4 is 10.1 Å². The second-order valence-electron chi connectivity index (χ2n) is 7.06. The highest BCUT2D eigenvalue weighted by Crippen LogP contribution is 2.17. The molecule has 0 heterocycles. The van der Waals surface area contributed by atoms with Crippen LogP contribution in [-0.2, 0) is 14.3 Å². The number of ether oxygens (including phenoxy) is 2. The standard InChI is InChI=1S/C25H26N2O4/c1-18(2)21-9-4-19(5-10-21)8-13-24(28)31-23-11-6-20(7-12-23)16-22(17-26)25(29)27-14-15-30-3/h4-13,16,18H,14-15H2,1-3H3,(H,27,29)/b13-8+,22-16+. The predicted molar refractivity (Wildman–Crippen MR) is 120 cm³/mol. The fourth-order valence-corrected chi connectivity index (χ4v) is 2.62. The zero-order valence-electron chi connectivity index (χ0n) is 17.9. The number of nitrogens with zero attached hydrogens (tertiary/aromatic N) is 1. The number of carbonyl (C=O) groups is 2. The first-order chi connectivity index (χ1) is 14.9. The average Bonchev–Trinajstić information content (AvgIpc) is 2.77. The molecule has 0 aliphatic carbocycles. The van der Waals surface area contributed by atoms with Crippen LogP contribution in [0.2, 0.25) is 0 Å². The summed E-state index contributed by atoms with van der Waals surface area (Å²) in [5.74, 6) is -0.145. The third-order valence-corrected chi connectivity index (χ3v) is 4.38. The molecule has 2 rings (SSSR count). The summed E-state index contributed by atoms with van der Waals surface area (Å²) < 4.78 is 10.2. The SMILES string of the molecule is COCCNC(=O)/C(C#N)=C/c1ccc(OC(=O)/C=C/c2ccc(C(C)C)cc2)cc1. The number of carbonyl (C=O) groups excluding carboxylic acids is 2. The largest absolute Gasteiger partial charge is 0.423 e. The molecule has 0 aliphatic rings. The van der Waals surface area contributed by atoms with Crippen molar-refractivity contribution in [2.24, 2.45) is 0 Å². The van der Waals surface area contributed by atoms with Crippen LogP contribution in [0.25, 0.3) is 12.2 Å². The first-order valence-electron chi connectivity index (χ1n) is 9.91. The highest BCUT2D eigenvalue weighted by atomic mass is 16.5. The summed E-state index contributed by atoms with van der Waals surface area (Å²) in [6.45, 7) is 4.94. The second kappa shape index (κ2) is 12.1. The van der Waals surface area contributed by atoms with Crippen LogP contribution in [0.15, 0.2) is 60.2 Å². The molecule has 0 aliphatic heterocycles. The number of methoxy groups -OCH3 is 1. The van der Waals surface area contributed by atoms with Crippen molar-refractivity contribution in [2.45, 2.75) is 19.8 Å². The van der Waals surface area contributed by atoms with Crippen LogP contribution in [-0.4, -0.2) is 32.1 Å². The number of nitrogens with one attached hydrogen (secondary N) is 1. The van der Waals surface area contributed by atoms with Crippen molar-refractivity contribution < 1.29 is 19.1 Å². The van der Waals surface area contributed by atoms with Crippen LogP contribution in [0.4, 0.5) is 0 Å². The lowest BCUT2D eigenvalue weighted by atomic mass is 10.0. The fraction of sp³-hybridized carbons (Fsp3) is 0.240. The van der Waals surface area contributed by atoms with Gasteiger partial charge in [0.1, 0.15) is 17.4 Å². The zero-order chi connectivity index (χ0) is 22.6. The maximum absolute atomic E-state index is 12.1. The second-order valence-corrected chi connectivity index (χ2v) is 7.06. The maximum atomic E-state index is 12.1. The molecule has 6 nitrogen and oxygen atoms in total. The summed E-state index contributed by atoms with van der Waals surface area (Å²) in [5, 5.41) is 11.8. The van der Waals surface area contributed by atoms with E-state index in [1.54, 1.807) is 30.3 Å². The minimum absolute atomic E-state index is 0.0210. The van der Waals surface area contributed by atoms with Crippen molar-refractivity contribution in [1.82, 2.24) is 5.32 Å². The van der Waals surface area contributed by atoms with Crippen molar-refractivity contribution in [2.75, 3.05) is 20.3 Å². The van der Waals surface area contributed by atoms with Gasteiger partial charge in [-0.3, -0.25) is 4.79 Å². The summed E-state index contributed by atoms with van der Waals surface area (Å²) in [5.41, 5.74) is 2.77.